The van der Waals surface area contributed by atoms with Crippen molar-refractivity contribution in [2.75, 3.05) is 25.9 Å². The summed E-state index contributed by atoms with van der Waals surface area (Å²) in [4.78, 5) is 13.5. The number of hydrogen-bond donors (Lipinski definition) is 0. The van der Waals surface area contributed by atoms with E-state index in [1.165, 1.54) is 4.90 Å². The average Bonchev–Trinajstić information content (AvgIpc) is 2.58. The quantitative estimate of drug-likeness (QED) is 0.767. The van der Waals surface area contributed by atoms with Crippen LogP contribution in [0, 0.1) is 0 Å². The van der Waals surface area contributed by atoms with Crippen LogP contribution in [0.5, 0.6) is 5.75 Å². The van der Waals surface area contributed by atoms with Crippen molar-refractivity contribution < 1.29 is 19.0 Å². The summed E-state index contributed by atoms with van der Waals surface area (Å²) < 4.78 is 15.4. The smallest absolute Gasteiger partial charge is 0.414 e. The molecule has 0 aliphatic carbocycles. The van der Waals surface area contributed by atoms with Gasteiger partial charge in [0.25, 0.3) is 0 Å². The monoisotopic (exact) mass is 301 g/mol. The van der Waals surface area contributed by atoms with E-state index in [1.54, 1.807) is 38.4 Å². The van der Waals surface area contributed by atoms with E-state index in [4.69, 9.17) is 14.2 Å². The van der Waals surface area contributed by atoms with Gasteiger partial charge in [0, 0.05) is 19.8 Å². The van der Waals surface area contributed by atoms with E-state index in [0.717, 1.165) is 11.3 Å². The van der Waals surface area contributed by atoms with E-state index < -0.39 is 6.09 Å². The molecule has 0 saturated carbocycles. The third kappa shape index (κ3) is 4.49. The van der Waals surface area contributed by atoms with Crippen LogP contribution in [0.15, 0.2) is 54.6 Å². The largest absolute Gasteiger partial charge is 0.468 e. The number of carbonyl (C=O) groups is 1. The molecule has 5 heteroatoms. The van der Waals surface area contributed by atoms with Crippen LogP contribution in [0.2, 0.25) is 0 Å². The van der Waals surface area contributed by atoms with Crippen LogP contribution in [0.4, 0.5) is 10.5 Å². The number of methoxy groups -OCH3 is 1. The first-order valence-corrected chi connectivity index (χ1v) is 6.87. The van der Waals surface area contributed by atoms with Gasteiger partial charge in [-0.15, -0.1) is 0 Å². The Hall–Kier alpha value is -2.53. The average molecular weight is 301 g/mol. The van der Waals surface area contributed by atoms with Gasteiger partial charge in [0.1, 0.15) is 12.4 Å². The summed E-state index contributed by atoms with van der Waals surface area (Å²) >= 11 is 0. The molecular weight excluding hydrogens is 282 g/mol. The van der Waals surface area contributed by atoms with Gasteiger partial charge in [-0.3, -0.25) is 4.90 Å². The van der Waals surface area contributed by atoms with Gasteiger partial charge in [-0.05, 0) is 29.8 Å². The standard InChI is InChI=1S/C17H19NO4/c1-18(15-8-10-16(11-9-15)22-13-20-2)17(19)21-12-14-6-4-3-5-7-14/h3-11H,12-13H2,1-2H3. The number of anilines is 1. The van der Waals surface area contributed by atoms with Gasteiger partial charge in [0.05, 0.1) is 0 Å². The molecule has 0 aromatic heterocycles. The van der Waals surface area contributed by atoms with Crippen molar-refractivity contribution in [3.05, 3.63) is 60.2 Å². The maximum absolute atomic E-state index is 12.0. The number of benzene rings is 2. The summed E-state index contributed by atoms with van der Waals surface area (Å²) in [7, 11) is 3.23. The third-order valence-electron chi connectivity index (χ3n) is 3.05. The molecule has 0 bridgehead atoms. The fraction of sp³-hybridized carbons (Fsp3) is 0.235. The third-order valence-corrected chi connectivity index (χ3v) is 3.05. The Labute approximate surface area is 130 Å². The van der Waals surface area contributed by atoms with Gasteiger partial charge in [-0.25, -0.2) is 4.79 Å². The van der Waals surface area contributed by atoms with E-state index >= 15 is 0 Å². The second kappa shape index (κ2) is 8.05. The van der Waals surface area contributed by atoms with Crippen LogP contribution in [0.25, 0.3) is 0 Å². The molecule has 2 rings (SSSR count). The van der Waals surface area contributed by atoms with E-state index in [1.807, 2.05) is 30.3 Å². The van der Waals surface area contributed by atoms with Crippen LogP contribution in [0.1, 0.15) is 5.56 Å². The first kappa shape index (κ1) is 15.9. The van der Waals surface area contributed by atoms with Crippen molar-refractivity contribution in [2.45, 2.75) is 6.61 Å². The minimum atomic E-state index is -0.408. The summed E-state index contributed by atoms with van der Waals surface area (Å²) in [6, 6.07) is 16.7. The Balaban J connectivity index is 1.89. The van der Waals surface area contributed by atoms with Crippen LogP contribution < -0.4 is 9.64 Å². The lowest BCUT2D eigenvalue weighted by Crippen LogP contribution is -2.26. The van der Waals surface area contributed by atoms with Gasteiger partial charge in [-0.2, -0.15) is 0 Å². The molecule has 0 aliphatic rings. The molecule has 5 nitrogen and oxygen atoms in total. The maximum atomic E-state index is 12.0. The van der Waals surface area contributed by atoms with E-state index in [9.17, 15) is 4.79 Å². The number of ether oxygens (including phenoxy) is 3. The topological polar surface area (TPSA) is 48.0 Å². The molecule has 0 fully saturated rings. The highest BCUT2D eigenvalue weighted by Crippen LogP contribution is 2.19. The Bertz CT molecular complexity index is 583. The van der Waals surface area contributed by atoms with Crippen molar-refractivity contribution >= 4 is 11.8 Å². The normalized spacial score (nSPS) is 10.1. The first-order chi connectivity index (χ1) is 10.7. The lowest BCUT2D eigenvalue weighted by atomic mass is 10.2. The number of carbonyl (C=O) groups excluding carboxylic acids is 1. The number of hydrogen-bond acceptors (Lipinski definition) is 4. The summed E-state index contributed by atoms with van der Waals surface area (Å²) in [6.45, 7) is 0.438. The Morgan fingerprint density at radius 3 is 2.36 bits per heavy atom. The fourth-order valence-electron chi connectivity index (χ4n) is 1.81. The zero-order chi connectivity index (χ0) is 15.8. The zero-order valence-corrected chi connectivity index (χ0v) is 12.7. The number of nitrogens with zero attached hydrogens (tertiary/aromatic N) is 1. The summed E-state index contributed by atoms with van der Waals surface area (Å²) in [5.74, 6) is 0.677. The van der Waals surface area contributed by atoms with Crippen LogP contribution in [-0.2, 0) is 16.1 Å². The summed E-state index contributed by atoms with van der Waals surface area (Å²) in [5, 5.41) is 0. The van der Waals surface area contributed by atoms with Crippen molar-refractivity contribution in [3.8, 4) is 5.75 Å². The Morgan fingerprint density at radius 2 is 1.73 bits per heavy atom. The molecule has 0 N–H and O–H groups in total. The maximum Gasteiger partial charge on any atom is 0.414 e. The second-order valence-corrected chi connectivity index (χ2v) is 4.64. The van der Waals surface area contributed by atoms with Crippen molar-refractivity contribution in [1.82, 2.24) is 0 Å². The zero-order valence-electron chi connectivity index (χ0n) is 12.7. The molecule has 0 spiro atoms. The van der Waals surface area contributed by atoms with Crippen LogP contribution in [-0.4, -0.2) is 27.0 Å². The predicted molar refractivity (Wildman–Crippen MR) is 84.0 cm³/mol. The van der Waals surface area contributed by atoms with Gasteiger partial charge in [0.2, 0.25) is 0 Å². The fourth-order valence-corrected chi connectivity index (χ4v) is 1.81. The lowest BCUT2D eigenvalue weighted by Gasteiger charge is -2.17. The highest BCUT2D eigenvalue weighted by atomic mass is 16.7. The molecular formula is C17H19NO4. The molecule has 0 heterocycles. The SMILES string of the molecule is COCOc1ccc(N(C)C(=O)OCc2ccccc2)cc1. The predicted octanol–water partition coefficient (Wildman–Crippen LogP) is 3.44. The van der Waals surface area contributed by atoms with Gasteiger partial charge < -0.3 is 14.2 Å². The highest BCUT2D eigenvalue weighted by molar-refractivity contribution is 5.86. The molecule has 1 amide bonds. The second-order valence-electron chi connectivity index (χ2n) is 4.64. The minimum Gasteiger partial charge on any atom is -0.468 e. The van der Waals surface area contributed by atoms with Crippen LogP contribution >= 0.6 is 0 Å². The van der Waals surface area contributed by atoms with Crippen LogP contribution in [0.3, 0.4) is 0 Å². The highest BCUT2D eigenvalue weighted by Gasteiger charge is 2.12. The Morgan fingerprint density at radius 1 is 1.05 bits per heavy atom. The molecule has 0 radical (unpaired) electrons. The van der Waals surface area contributed by atoms with Crippen molar-refractivity contribution in [1.29, 1.82) is 0 Å². The van der Waals surface area contributed by atoms with Crippen molar-refractivity contribution in [3.63, 3.8) is 0 Å². The lowest BCUT2D eigenvalue weighted by molar-refractivity contribution is 0.0511. The van der Waals surface area contributed by atoms with Gasteiger partial charge in [-0.1, -0.05) is 30.3 Å². The molecule has 0 unspecified atom stereocenters. The molecule has 0 aliphatic heterocycles. The number of amides is 1. The molecule has 116 valence electrons. The van der Waals surface area contributed by atoms with E-state index in [0.29, 0.717) is 5.75 Å². The molecule has 2 aromatic carbocycles. The number of rotatable bonds is 6. The summed E-state index contributed by atoms with van der Waals surface area (Å²) in [5.41, 5.74) is 1.68. The summed E-state index contributed by atoms with van der Waals surface area (Å²) in [6.07, 6.45) is -0.408. The van der Waals surface area contributed by atoms with Gasteiger partial charge >= 0.3 is 6.09 Å². The molecule has 0 atom stereocenters. The van der Waals surface area contributed by atoms with E-state index in [-0.39, 0.29) is 13.4 Å². The van der Waals surface area contributed by atoms with E-state index in [2.05, 4.69) is 0 Å². The molecule has 2 aromatic rings. The molecule has 22 heavy (non-hydrogen) atoms. The minimum absolute atomic E-state index is 0.189. The first-order valence-electron chi connectivity index (χ1n) is 6.87. The van der Waals surface area contributed by atoms with Gasteiger partial charge in [0.15, 0.2) is 6.79 Å². The van der Waals surface area contributed by atoms with Crippen molar-refractivity contribution in [2.24, 2.45) is 0 Å². The Kier molecular flexibility index (Phi) is 5.80. The molecule has 0 saturated heterocycles.